The number of carbonyl (C=O) groups excluding carboxylic acids is 1. The maximum atomic E-state index is 13.4. The number of amides is 1. The lowest BCUT2D eigenvalue weighted by atomic mass is 9.87. The number of fused-ring (bicyclic) bond motifs is 1. The topological polar surface area (TPSA) is 98.2 Å². The van der Waals surface area contributed by atoms with E-state index in [1.54, 1.807) is 30.3 Å². The van der Waals surface area contributed by atoms with Crippen molar-refractivity contribution in [1.29, 1.82) is 0 Å². The van der Waals surface area contributed by atoms with E-state index in [1.165, 1.54) is 24.3 Å². The van der Waals surface area contributed by atoms with Crippen LogP contribution < -0.4 is 9.46 Å². The van der Waals surface area contributed by atoms with Crippen molar-refractivity contribution in [2.24, 2.45) is 0 Å². The van der Waals surface area contributed by atoms with Crippen LogP contribution in [0.3, 0.4) is 0 Å². The van der Waals surface area contributed by atoms with Crippen LogP contribution >= 0.6 is 11.7 Å². The van der Waals surface area contributed by atoms with Crippen LogP contribution in [-0.4, -0.2) is 29.4 Å². The highest BCUT2D eigenvalue weighted by atomic mass is 32.2. The number of rotatable bonds is 7. The third kappa shape index (κ3) is 6.67. The summed E-state index contributed by atoms with van der Waals surface area (Å²) in [6.07, 6.45) is -4.98. The molecule has 0 spiro atoms. The highest BCUT2D eigenvalue weighted by molar-refractivity contribution is 7.90. The molecule has 0 radical (unpaired) electrons. The van der Waals surface area contributed by atoms with E-state index in [4.69, 9.17) is 0 Å². The summed E-state index contributed by atoms with van der Waals surface area (Å²) in [6.45, 7) is 5.98. The molecule has 1 heterocycles. The minimum Gasteiger partial charge on any atom is -0.406 e. The molecule has 0 fully saturated rings. The zero-order chi connectivity index (χ0) is 27.7. The molecule has 12 heteroatoms. The Labute approximate surface area is 222 Å². The maximum Gasteiger partial charge on any atom is 0.573 e. The zero-order valence-electron chi connectivity index (χ0n) is 20.6. The molecule has 1 N–H and O–H groups in total. The first-order valence-corrected chi connectivity index (χ1v) is 13.7. The molecule has 4 aromatic rings. The average Bonchev–Trinajstić information content (AvgIpc) is 3.29. The summed E-state index contributed by atoms with van der Waals surface area (Å²) < 4.78 is 78.7. The van der Waals surface area contributed by atoms with E-state index in [-0.39, 0.29) is 16.7 Å². The van der Waals surface area contributed by atoms with Gasteiger partial charge < -0.3 is 4.74 Å². The Morgan fingerprint density at radius 2 is 1.66 bits per heavy atom. The molecule has 200 valence electrons. The van der Waals surface area contributed by atoms with Gasteiger partial charge in [0.2, 0.25) is 5.91 Å². The normalized spacial score (nSPS) is 13.3. The fraction of sp³-hybridized carbons (Fsp3) is 0.269. The number of benzene rings is 3. The summed E-state index contributed by atoms with van der Waals surface area (Å²) in [6, 6.07) is 16.3. The van der Waals surface area contributed by atoms with Crippen molar-refractivity contribution in [3.63, 3.8) is 0 Å². The average molecular weight is 564 g/mol. The predicted molar refractivity (Wildman–Crippen MR) is 137 cm³/mol. The summed E-state index contributed by atoms with van der Waals surface area (Å²) in [5, 5.41) is 0. The minimum absolute atomic E-state index is 0.0858. The number of hydrogen-bond acceptors (Lipinski definition) is 7. The number of nitrogens with one attached hydrogen (secondary N) is 1. The molecule has 1 atom stereocenters. The van der Waals surface area contributed by atoms with Crippen LogP contribution in [0.25, 0.3) is 11.0 Å². The summed E-state index contributed by atoms with van der Waals surface area (Å²) in [5.74, 6) is -2.35. The van der Waals surface area contributed by atoms with Crippen molar-refractivity contribution in [3.8, 4) is 5.75 Å². The Morgan fingerprint density at radius 3 is 2.32 bits per heavy atom. The van der Waals surface area contributed by atoms with Gasteiger partial charge in [0, 0.05) is 0 Å². The highest BCUT2D eigenvalue weighted by Crippen LogP contribution is 2.29. The smallest absolute Gasteiger partial charge is 0.406 e. The standard InChI is InChI=1S/C26H24F3N3O4S2/c1-25(2,3)18-8-10-20(11-9-18)38(34,35)32-24(33)21(17-7-12-22-23(15-17)31-37-30-22)14-16-5-4-6-19(13-16)36-26(27,28)29/h4-13,15,21H,14H2,1-3H3,(H,32,33). The summed E-state index contributed by atoms with van der Waals surface area (Å²) in [7, 11) is -4.23. The number of alkyl halides is 3. The number of carbonyl (C=O) groups is 1. The molecule has 38 heavy (non-hydrogen) atoms. The third-order valence-electron chi connectivity index (χ3n) is 5.83. The van der Waals surface area contributed by atoms with E-state index >= 15 is 0 Å². The zero-order valence-corrected chi connectivity index (χ0v) is 22.2. The lowest BCUT2D eigenvalue weighted by Crippen LogP contribution is -2.35. The second-order valence-electron chi connectivity index (χ2n) is 9.71. The first kappa shape index (κ1) is 27.5. The van der Waals surface area contributed by atoms with Gasteiger partial charge in [0.1, 0.15) is 16.8 Å². The molecular weight excluding hydrogens is 539 g/mol. The van der Waals surface area contributed by atoms with Gasteiger partial charge in [0.05, 0.1) is 22.5 Å². The largest absolute Gasteiger partial charge is 0.573 e. The molecule has 0 aliphatic carbocycles. The van der Waals surface area contributed by atoms with Crippen LogP contribution in [0.5, 0.6) is 5.75 Å². The van der Waals surface area contributed by atoms with Gasteiger partial charge in [-0.3, -0.25) is 4.79 Å². The van der Waals surface area contributed by atoms with Gasteiger partial charge in [-0.05, 0) is 64.9 Å². The van der Waals surface area contributed by atoms with E-state index < -0.39 is 34.0 Å². The van der Waals surface area contributed by atoms with Gasteiger partial charge in [-0.2, -0.15) is 8.75 Å². The highest BCUT2D eigenvalue weighted by Gasteiger charge is 2.32. The van der Waals surface area contributed by atoms with Crippen molar-refractivity contribution in [2.45, 2.75) is 49.8 Å². The second kappa shape index (κ2) is 10.3. The predicted octanol–water partition coefficient (Wildman–Crippen LogP) is 5.72. The Kier molecular flexibility index (Phi) is 7.48. The number of halogens is 3. The quantitative estimate of drug-likeness (QED) is 0.309. The van der Waals surface area contributed by atoms with E-state index in [1.807, 2.05) is 20.8 Å². The molecule has 0 aliphatic heterocycles. The molecule has 0 saturated carbocycles. The summed E-state index contributed by atoms with van der Waals surface area (Å²) in [4.78, 5) is 13.3. The molecule has 1 amide bonds. The number of sulfonamides is 1. The minimum atomic E-state index is -4.88. The van der Waals surface area contributed by atoms with Crippen molar-refractivity contribution >= 4 is 38.7 Å². The van der Waals surface area contributed by atoms with E-state index in [9.17, 15) is 26.4 Å². The summed E-state index contributed by atoms with van der Waals surface area (Å²) >= 11 is 0.983. The van der Waals surface area contributed by atoms with Gasteiger partial charge in [-0.15, -0.1) is 13.2 Å². The van der Waals surface area contributed by atoms with Crippen LogP contribution in [0, 0.1) is 0 Å². The van der Waals surface area contributed by atoms with Gasteiger partial charge >= 0.3 is 6.36 Å². The third-order valence-corrected chi connectivity index (χ3v) is 7.75. The van der Waals surface area contributed by atoms with Crippen molar-refractivity contribution < 1.29 is 31.1 Å². The first-order chi connectivity index (χ1) is 17.7. The Bertz CT molecular complexity index is 1560. The molecule has 0 saturated heterocycles. The van der Waals surface area contributed by atoms with E-state index in [0.717, 1.165) is 29.4 Å². The van der Waals surface area contributed by atoms with E-state index in [2.05, 4.69) is 18.2 Å². The Balaban J connectivity index is 1.65. The van der Waals surface area contributed by atoms with Crippen LogP contribution in [0.2, 0.25) is 0 Å². The first-order valence-electron chi connectivity index (χ1n) is 11.5. The monoisotopic (exact) mass is 563 g/mol. The Hall–Kier alpha value is -3.51. The van der Waals surface area contributed by atoms with Crippen molar-refractivity contribution in [1.82, 2.24) is 13.5 Å². The Morgan fingerprint density at radius 1 is 0.974 bits per heavy atom. The maximum absolute atomic E-state index is 13.4. The SMILES string of the molecule is CC(C)(C)c1ccc(S(=O)(=O)NC(=O)C(Cc2cccc(OC(F)(F)F)c2)c2ccc3nsnc3c2)cc1. The number of nitrogens with zero attached hydrogens (tertiary/aromatic N) is 2. The molecule has 1 aromatic heterocycles. The van der Waals surface area contributed by atoms with Crippen LogP contribution in [0.4, 0.5) is 13.2 Å². The lowest BCUT2D eigenvalue weighted by Gasteiger charge is -2.20. The van der Waals surface area contributed by atoms with Gasteiger partial charge in [-0.25, -0.2) is 13.1 Å². The number of ether oxygens (including phenoxy) is 1. The van der Waals surface area contributed by atoms with Crippen molar-refractivity contribution in [3.05, 3.63) is 83.4 Å². The fourth-order valence-corrected chi connectivity index (χ4v) is 5.42. The van der Waals surface area contributed by atoms with Gasteiger partial charge in [0.15, 0.2) is 0 Å². The fourth-order valence-electron chi connectivity index (χ4n) is 3.88. The van der Waals surface area contributed by atoms with Gasteiger partial charge in [0.25, 0.3) is 10.0 Å². The van der Waals surface area contributed by atoms with Crippen LogP contribution in [0.15, 0.2) is 71.6 Å². The second-order valence-corrected chi connectivity index (χ2v) is 11.9. The van der Waals surface area contributed by atoms with E-state index in [0.29, 0.717) is 22.2 Å². The molecule has 4 rings (SSSR count). The van der Waals surface area contributed by atoms with Crippen LogP contribution in [0.1, 0.15) is 43.4 Å². The molecule has 7 nitrogen and oxygen atoms in total. The molecule has 0 aliphatic rings. The van der Waals surface area contributed by atoms with Gasteiger partial charge in [-0.1, -0.05) is 51.1 Å². The van der Waals surface area contributed by atoms with Crippen LogP contribution in [-0.2, 0) is 26.7 Å². The molecule has 3 aromatic carbocycles. The molecule has 1 unspecified atom stereocenters. The molecular formula is C26H24F3N3O4S2. The van der Waals surface area contributed by atoms with Crippen molar-refractivity contribution in [2.75, 3.05) is 0 Å². The lowest BCUT2D eigenvalue weighted by molar-refractivity contribution is -0.274. The number of hydrogen-bond donors (Lipinski definition) is 1. The summed E-state index contributed by atoms with van der Waals surface area (Å²) in [5.41, 5.74) is 2.62. The number of aromatic nitrogens is 2. The molecule has 0 bridgehead atoms.